The van der Waals surface area contributed by atoms with Gasteiger partial charge in [-0.15, -0.1) is 0 Å². The summed E-state index contributed by atoms with van der Waals surface area (Å²) in [5.41, 5.74) is 1.11. The summed E-state index contributed by atoms with van der Waals surface area (Å²) >= 11 is 0. The second kappa shape index (κ2) is 5.92. The summed E-state index contributed by atoms with van der Waals surface area (Å²) in [6, 6.07) is 13.7. The van der Waals surface area contributed by atoms with Crippen LogP contribution in [-0.4, -0.2) is 36.7 Å². The fraction of sp³-hybridized carbons (Fsp3) is 0.316. The van der Waals surface area contributed by atoms with Crippen LogP contribution in [0.25, 0.3) is 11.0 Å². The van der Waals surface area contributed by atoms with Gasteiger partial charge in [0.15, 0.2) is 0 Å². The molecule has 140 valence electrons. The summed E-state index contributed by atoms with van der Waals surface area (Å²) < 4.78 is 37.7. The molecular formula is C19H21BN2O4S. The Kier molecular flexibility index (Phi) is 4.00. The fourth-order valence-electron chi connectivity index (χ4n) is 2.96. The first-order valence-electron chi connectivity index (χ1n) is 8.76. The lowest BCUT2D eigenvalue weighted by molar-refractivity contribution is 0.00578. The zero-order valence-electron chi connectivity index (χ0n) is 15.7. The van der Waals surface area contributed by atoms with E-state index in [1.165, 1.54) is 0 Å². The van der Waals surface area contributed by atoms with E-state index in [-0.39, 0.29) is 10.1 Å². The average molecular weight is 384 g/mol. The van der Waals surface area contributed by atoms with Gasteiger partial charge in [0.2, 0.25) is 15.0 Å². The Morgan fingerprint density at radius 1 is 0.963 bits per heavy atom. The number of benzene rings is 2. The van der Waals surface area contributed by atoms with Gasteiger partial charge in [-0.05, 0) is 57.4 Å². The van der Waals surface area contributed by atoms with Crippen LogP contribution >= 0.6 is 0 Å². The molecule has 2 aromatic carbocycles. The summed E-state index contributed by atoms with van der Waals surface area (Å²) in [6.07, 6.45) is 0. The first-order chi connectivity index (χ1) is 12.6. The number of nitrogens with one attached hydrogen (secondary N) is 1. The highest BCUT2D eigenvalue weighted by molar-refractivity contribution is 7.91. The number of nitrogens with zero attached hydrogens (tertiary/aromatic N) is 1. The normalized spacial score (nSPS) is 18.9. The Morgan fingerprint density at radius 2 is 1.59 bits per heavy atom. The van der Waals surface area contributed by atoms with E-state index in [9.17, 15) is 8.42 Å². The molecular weight excluding hydrogens is 363 g/mol. The molecule has 1 aliphatic heterocycles. The molecule has 1 aliphatic rings. The van der Waals surface area contributed by atoms with Crippen LogP contribution in [0.4, 0.5) is 0 Å². The fourth-order valence-corrected chi connectivity index (χ4v) is 4.17. The number of imidazole rings is 1. The van der Waals surface area contributed by atoms with Gasteiger partial charge in [-0.1, -0.05) is 24.3 Å². The third-order valence-corrected chi connectivity index (χ3v) is 6.91. The zero-order valence-corrected chi connectivity index (χ0v) is 16.5. The van der Waals surface area contributed by atoms with Crippen molar-refractivity contribution in [1.29, 1.82) is 0 Å². The molecule has 0 amide bonds. The standard InChI is InChI=1S/C19H21BN2O4S/c1-18(2)19(3,4)26-20(25-18)13-10-11-15-16(12-13)22-17(21-15)27(23,24)14-8-6-5-7-9-14/h5-12H,1-4H3,(H,21,22). The van der Waals surface area contributed by atoms with Gasteiger partial charge in [0.25, 0.3) is 0 Å². The molecule has 6 nitrogen and oxygen atoms in total. The number of sulfone groups is 1. The minimum Gasteiger partial charge on any atom is -0.399 e. The second-order valence-corrected chi connectivity index (χ2v) is 9.59. The van der Waals surface area contributed by atoms with Crippen molar-refractivity contribution < 1.29 is 17.7 Å². The Labute approximate surface area is 159 Å². The highest BCUT2D eigenvalue weighted by atomic mass is 32.2. The topological polar surface area (TPSA) is 81.3 Å². The van der Waals surface area contributed by atoms with E-state index >= 15 is 0 Å². The van der Waals surface area contributed by atoms with E-state index in [0.29, 0.717) is 11.0 Å². The number of hydrogen-bond acceptors (Lipinski definition) is 5. The van der Waals surface area contributed by atoms with Crippen molar-refractivity contribution in [2.45, 2.75) is 48.9 Å². The number of H-pyrrole nitrogens is 1. The third-order valence-electron chi connectivity index (χ3n) is 5.32. The first kappa shape index (κ1) is 18.2. The zero-order chi connectivity index (χ0) is 19.4. The molecule has 1 aromatic heterocycles. The van der Waals surface area contributed by atoms with Gasteiger partial charge in [0.05, 0.1) is 27.1 Å². The van der Waals surface area contributed by atoms with Crippen molar-refractivity contribution in [3.8, 4) is 0 Å². The first-order valence-corrected chi connectivity index (χ1v) is 10.2. The lowest BCUT2D eigenvalue weighted by Gasteiger charge is -2.32. The third kappa shape index (κ3) is 2.98. The molecule has 0 saturated carbocycles. The molecule has 0 atom stereocenters. The summed E-state index contributed by atoms with van der Waals surface area (Å²) in [5, 5.41) is -0.0743. The molecule has 0 radical (unpaired) electrons. The maximum absolute atomic E-state index is 12.8. The van der Waals surface area contributed by atoms with Crippen LogP contribution in [0.3, 0.4) is 0 Å². The van der Waals surface area contributed by atoms with Gasteiger partial charge < -0.3 is 14.3 Å². The smallest absolute Gasteiger partial charge is 0.399 e. The van der Waals surface area contributed by atoms with Gasteiger partial charge in [-0.2, -0.15) is 0 Å². The van der Waals surface area contributed by atoms with E-state index in [1.807, 2.05) is 33.8 Å². The molecule has 0 bridgehead atoms. The summed E-state index contributed by atoms with van der Waals surface area (Å²) in [6.45, 7) is 7.96. The Hall–Kier alpha value is -2.16. The molecule has 3 aromatic rings. The Balaban J connectivity index is 1.72. The van der Waals surface area contributed by atoms with Crippen LogP contribution in [0.2, 0.25) is 0 Å². The van der Waals surface area contributed by atoms with Crippen molar-refractivity contribution in [3.05, 3.63) is 48.5 Å². The van der Waals surface area contributed by atoms with Crippen molar-refractivity contribution in [3.63, 3.8) is 0 Å². The van der Waals surface area contributed by atoms with Gasteiger partial charge >= 0.3 is 7.12 Å². The van der Waals surface area contributed by atoms with Gasteiger partial charge in [0.1, 0.15) is 0 Å². The second-order valence-electron chi connectivity index (χ2n) is 7.72. The molecule has 8 heteroatoms. The van der Waals surface area contributed by atoms with E-state index in [2.05, 4.69) is 9.97 Å². The van der Waals surface area contributed by atoms with Gasteiger partial charge in [-0.25, -0.2) is 13.4 Å². The average Bonchev–Trinajstić information content (AvgIpc) is 3.13. The number of fused-ring (bicyclic) bond motifs is 1. The number of rotatable bonds is 3. The Bertz CT molecular complexity index is 1090. The monoisotopic (exact) mass is 384 g/mol. The molecule has 27 heavy (non-hydrogen) atoms. The minimum absolute atomic E-state index is 0.0743. The predicted octanol–water partition coefficient (Wildman–Crippen LogP) is 2.69. The Morgan fingerprint density at radius 3 is 2.22 bits per heavy atom. The van der Waals surface area contributed by atoms with Crippen LogP contribution in [0.15, 0.2) is 58.6 Å². The maximum atomic E-state index is 12.8. The predicted molar refractivity (Wildman–Crippen MR) is 104 cm³/mol. The molecule has 1 N–H and O–H groups in total. The number of hydrogen-bond donors (Lipinski definition) is 1. The van der Waals surface area contributed by atoms with Gasteiger partial charge in [-0.3, -0.25) is 0 Å². The molecule has 0 spiro atoms. The molecule has 2 heterocycles. The van der Waals surface area contributed by atoms with E-state index in [4.69, 9.17) is 9.31 Å². The molecule has 1 saturated heterocycles. The molecule has 4 rings (SSSR count). The lowest BCUT2D eigenvalue weighted by Crippen LogP contribution is -2.41. The molecule has 1 fully saturated rings. The van der Waals surface area contributed by atoms with Crippen molar-refractivity contribution in [2.75, 3.05) is 0 Å². The number of aromatic amines is 1. The van der Waals surface area contributed by atoms with Crippen molar-refractivity contribution in [1.82, 2.24) is 9.97 Å². The highest BCUT2D eigenvalue weighted by Crippen LogP contribution is 2.36. The van der Waals surface area contributed by atoms with Crippen molar-refractivity contribution in [2.24, 2.45) is 0 Å². The molecule has 0 unspecified atom stereocenters. The van der Waals surface area contributed by atoms with E-state index in [1.54, 1.807) is 42.5 Å². The van der Waals surface area contributed by atoms with Crippen LogP contribution in [0.5, 0.6) is 0 Å². The van der Waals surface area contributed by atoms with Crippen LogP contribution in [0.1, 0.15) is 27.7 Å². The SMILES string of the molecule is CC1(C)OB(c2ccc3[nH]c(S(=O)(=O)c4ccccc4)nc3c2)OC1(C)C. The van der Waals surface area contributed by atoms with Crippen LogP contribution in [-0.2, 0) is 19.1 Å². The van der Waals surface area contributed by atoms with E-state index in [0.717, 1.165) is 5.46 Å². The largest absolute Gasteiger partial charge is 0.494 e. The van der Waals surface area contributed by atoms with Crippen molar-refractivity contribution >= 4 is 33.5 Å². The summed E-state index contributed by atoms with van der Waals surface area (Å²) in [7, 11) is -4.22. The maximum Gasteiger partial charge on any atom is 0.494 e. The summed E-state index contributed by atoms with van der Waals surface area (Å²) in [4.78, 5) is 7.42. The van der Waals surface area contributed by atoms with E-state index < -0.39 is 28.2 Å². The van der Waals surface area contributed by atoms with Crippen LogP contribution < -0.4 is 5.46 Å². The number of aromatic nitrogens is 2. The highest BCUT2D eigenvalue weighted by Gasteiger charge is 2.51. The van der Waals surface area contributed by atoms with Gasteiger partial charge in [0, 0.05) is 0 Å². The quantitative estimate of drug-likeness (QED) is 0.703. The minimum atomic E-state index is -3.70. The molecule has 0 aliphatic carbocycles. The van der Waals surface area contributed by atoms with Crippen LogP contribution in [0, 0.1) is 0 Å². The summed E-state index contributed by atoms with van der Waals surface area (Å²) in [5.74, 6) is 0. The lowest BCUT2D eigenvalue weighted by atomic mass is 9.79.